The molecule has 1 aliphatic rings. The van der Waals surface area contributed by atoms with E-state index in [-0.39, 0.29) is 0 Å². The zero-order chi connectivity index (χ0) is 19.2. The molecule has 0 spiro atoms. The van der Waals surface area contributed by atoms with Crippen molar-refractivity contribution in [2.75, 3.05) is 36.5 Å². The number of unbranched alkanes of at least 4 members (excludes halogenated alkanes) is 2. The second kappa shape index (κ2) is 8.89. The van der Waals surface area contributed by atoms with Gasteiger partial charge in [-0.15, -0.1) is 0 Å². The summed E-state index contributed by atoms with van der Waals surface area (Å²) in [5.41, 5.74) is 4.09. The van der Waals surface area contributed by atoms with Gasteiger partial charge in [0.05, 0.1) is 25.1 Å². The summed E-state index contributed by atoms with van der Waals surface area (Å²) < 4.78 is 7.50. The van der Waals surface area contributed by atoms with Gasteiger partial charge in [-0.05, 0) is 36.8 Å². The van der Waals surface area contributed by atoms with Gasteiger partial charge >= 0.3 is 0 Å². The molecule has 0 amide bonds. The number of rotatable bonds is 7. The molecule has 0 unspecified atom stereocenters. The Balaban J connectivity index is 1.50. The highest BCUT2D eigenvalue weighted by Crippen LogP contribution is 2.23. The van der Waals surface area contributed by atoms with E-state index in [0.29, 0.717) is 0 Å². The summed E-state index contributed by atoms with van der Waals surface area (Å²) in [6, 6.07) is 8.46. The van der Waals surface area contributed by atoms with E-state index in [1.807, 2.05) is 18.6 Å². The molecule has 1 saturated heterocycles. The maximum atomic E-state index is 5.43. The van der Waals surface area contributed by atoms with Gasteiger partial charge in [0.2, 0.25) is 0 Å². The molecular weight excluding hydrogens is 350 g/mol. The number of hydrogen-bond acceptors (Lipinski definition) is 5. The lowest BCUT2D eigenvalue weighted by atomic mass is 10.2. The second-order valence-corrected chi connectivity index (χ2v) is 6.97. The first kappa shape index (κ1) is 18.5. The summed E-state index contributed by atoms with van der Waals surface area (Å²) >= 11 is 0. The Kier molecular flexibility index (Phi) is 5.87. The third-order valence-electron chi connectivity index (χ3n) is 4.98. The molecular formula is C22H27N5O. The Morgan fingerprint density at radius 2 is 1.96 bits per heavy atom. The van der Waals surface area contributed by atoms with Crippen LogP contribution in [0.4, 0.5) is 17.2 Å². The molecule has 4 rings (SSSR count). The first-order chi connectivity index (χ1) is 13.8. The fourth-order valence-electron chi connectivity index (χ4n) is 3.39. The number of allylic oxidation sites excluding steroid dienone is 1. The van der Waals surface area contributed by atoms with Crippen LogP contribution in [0.3, 0.4) is 0 Å². The molecule has 6 nitrogen and oxygen atoms in total. The van der Waals surface area contributed by atoms with E-state index in [9.17, 15) is 0 Å². The molecule has 1 aliphatic heterocycles. The lowest BCUT2D eigenvalue weighted by molar-refractivity contribution is 0.122. The van der Waals surface area contributed by atoms with E-state index in [0.717, 1.165) is 55.6 Å². The number of anilines is 3. The predicted octanol–water partition coefficient (Wildman–Crippen LogP) is 4.51. The van der Waals surface area contributed by atoms with E-state index in [4.69, 9.17) is 4.74 Å². The van der Waals surface area contributed by atoms with Gasteiger partial charge in [0.1, 0.15) is 0 Å². The number of morpholine rings is 1. The van der Waals surface area contributed by atoms with E-state index < -0.39 is 0 Å². The minimum absolute atomic E-state index is 0.759. The van der Waals surface area contributed by atoms with Gasteiger partial charge in [-0.2, -0.15) is 0 Å². The SMILES string of the molecule is CCCC/C=C/c1cnc(Nc2ccc(N3CCOCC3)cc2)c2nccn12. The number of ether oxygens (including phenoxy) is 1. The third-order valence-corrected chi connectivity index (χ3v) is 4.98. The topological polar surface area (TPSA) is 54.7 Å². The van der Waals surface area contributed by atoms with Crippen molar-refractivity contribution >= 4 is 28.9 Å². The van der Waals surface area contributed by atoms with Crippen LogP contribution in [-0.4, -0.2) is 40.7 Å². The third kappa shape index (κ3) is 4.17. The smallest absolute Gasteiger partial charge is 0.180 e. The van der Waals surface area contributed by atoms with Crippen LogP contribution in [0.25, 0.3) is 11.7 Å². The van der Waals surface area contributed by atoms with Crippen molar-refractivity contribution < 1.29 is 4.74 Å². The minimum atomic E-state index is 0.759. The van der Waals surface area contributed by atoms with Crippen molar-refractivity contribution in [3.05, 3.63) is 54.6 Å². The monoisotopic (exact) mass is 377 g/mol. The van der Waals surface area contributed by atoms with Gasteiger partial charge in [0.15, 0.2) is 11.5 Å². The van der Waals surface area contributed by atoms with Crippen molar-refractivity contribution in [2.45, 2.75) is 26.2 Å². The minimum Gasteiger partial charge on any atom is -0.378 e. The molecule has 0 saturated carbocycles. The second-order valence-electron chi connectivity index (χ2n) is 6.97. The Hall–Kier alpha value is -2.86. The quantitative estimate of drug-likeness (QED) is 0.614. The maximum absolute atomic E-state index is 5.43. The Labute approximate surface area is 165 Å². The molecule has 0 radical (unpaired) electrons. The van der Waals surface area contributed by atoms with E-state index in [1.165, 1.54) is 18.5 Å². The molecule has 2 aromatic heterocycles. The number of fused-ring (bicyclic) bond motifs is 1. The molecule has 146 valence electrons. The predicted molar refractivity (Wildman–Crippen MR) is 114 cm³/mol. The molecule has 1 fully saturated rings. The van der Waals surface area contributed by atoms with Crippen LogP contribution in [-0.2, 0) is 4.74 Å². The van der Waals surface area contributed by atoms with Gasteiger partial charge in [-0.25, -0.2) is 9.97 Å². The molecule has 0 atom stereocenters. The van der Waals surface area contributed by atoms with Crippen molar-refractivity contribution in [2.24, 2.45) is 0 Å². The van der Waals surface area contributed by atoms with Crippen LogP contribution < -0.4 is 10.2 Å². The number of aromatic nitrogens is 3. The van der Waals surface area contributed by atoms with Gasteiger partial charge in [0.25, 0.3) is 0 Å². The van der Waals surface area contributed by atoms with E-state index in [2.05, 4.69) is 67.9 Å². The van der Waals surface area contributed by atoms with Crippen LogP contribution in [0, 0.1) is 0 Å². The van der Waals surface area contributed by atoms with Crippen molar-refractivity contribution in [3.63, 3.8) is 0 Å². The Morgan fingerprint density at radius 1 is 1.14 bits per heavy atom. The summed E-state index contributed by atoms with van der Waals surface area (Å²) in [5, 5.41) is 3.41. The Bertz CT molecular complexity index is 926. The Morgan fingerprint density at radius 3 is 2.75 bits per heavy atom. The number of hydrogen-bond donors (Lipinski definition) is 1. The largest absolute Gasteiger partial charge is 0.378 e. The highest BCUT2D eigenvalue weighted by molar-refractivity contribution is 5.72. The molecule has 3 heterocycles. The zero-order valence-corrected chi connectivity index (χ0v) is 16.3. The van der Waals surface area contributed by atoms with Crippen molar-refractivity contribution in [1.29, 1.82) is 0 Å². The number of nitrogens with zero attached hydrogens (tertiary/aromatic N) is 4. The summed E-state index contributed by atoms with van der Waals surface area (Å²) in [6.07, 6.45) is 13.5. The van der Waals surface area contributed by atoms with Crippen LogP contribution in [0.5, 0.6) is 0 Å². The summed E-state index contributed by atoms with van der Waals surface area (Å²) in [6.45, 7) is 5.67. The maximum Gasteiger partial charge on any atom is 0.180 e. The number of benzene rings is 1. The average molecular weight is 377 g/mol. The molecule has 1 aromatic carbocycles. The molecule has 28 heavy (non-hydrogen) atoms. The fraction of sp³-hybridized carbons (Fsp3) is 0.364. The fourth-order valence-corrected chi connectivity index (χ4v) is 3.39. The molecule has 0 aliphatic carbocycles. The van der Waals surface area contributed by atoms with Crippen LogP contribution in [0.1, 0.15) is 31.9 Å². The summed E-state index contributed by atoms with van der Waals surface area (Å²) in [4.78, 5) is 11.5. The molecule has 6 heteroatoms. The van der Waals surface area contributed by atoms with Gasteiger partial charge in [0, 0.05) is 36.9 Å². The lowest BCUT2D eigenvalue weighted by Crippen LogP contribution is -2.36. The van der Waals surface area contributed by atoms with Crippen LogP contribution in [0.15, 0.2) is 48.9 Å². The summed E-state index contributed by atoms with van der Waals surface area (Å²) in [5.74, 6) is 0.759. The summed E-state index contributed by atoms with van der Waals surface area (Å²) in [7, 11) is 0. The molecule has 1 N–H and O–H groups in total. The first-order valence-corrected chi connectivity index (χ1v) is 10.0. The van der Waals surface area contributed by atoms with E-state index >= 15 is 0 Å². The van der Waals surface area contributed by atoms with E-state index in [1.54, 1.807) is 0 Å². The van der Waals surface area contributed by atoms with Crippen molar-refractivity contribution in [3.8, 4) is 0 Å². The van der Waals surface area contributed by atoms with Gasteiger partial charge in [-0.1, -0.05) is 25.8 Å². The normalized spacial score (nSPS) is 14.8. The number of nitrogens with one attached hydrogen (secondary N) is 1. The van der Waals surface area contributed by atoms with Crippen LogP contribution in [0.2, 0.25) is 0 Å². The first-order valence-electron chi connectivity index (χ1n) is 10.0. The molecule has 3 aromatic rings. The average Bonchev–Trinajstić information content (AvgIpc) is 3.24. The lowest BCUT2D eigenvalue weighted by Gasteiger charge is -2.28. The van der Waals surface area contributed by atoms with Crippen molar-refractivity contribution in [1.82, 2.24) is 14.4 Å². The standard InChI is InChI=1S/C22H27N5O/c1-2-3-4-5-6-20-17-24-21(22-23-11-12-27(20)22)25-18-7-9-19(10-8-18)26-13-15-28-16-14-26/h5-12,17H,2-4,13-16H2,1H3,(H,24,25)/b6-5+. The number of imidazole rings is 1. The van der Waals surface area contributed by atoms with Gasteiger partial charge in [-0.3, -0.25) is 4.40 Å². The zero-order valence-electron chi connectivity index (χ0n) is 16.3. The van der Waals surface area contributed by atoms with Crippen LogP contribution >= 0.6 is 0 Å². The highest BCUT2D eigenvalue weighted by atomic mass is 16.5. The molecule has 0 bridgehead atoms. The van der Waals surface area contributed by atoms with Gasteiger partial charge < -0.3 is 15.0 Å². The highest BCUT2D eigenvalue weighted by Gasteiger charge is 2.11.